The van der Waals surface area contributed by atoms with Crippen LogP contribution in [0.1, 0.15) is 48.0 Å². The standard InChI is InChI=1S/C15H31N3/c1-14(2,3)16-12-9-13-11-18(15(4,5)6)8-7-17(13)10-12/h12-13,16H,7-11H2,1-6H3. The highest BCUT2D eigenvalue weighted by Crippen LogP contribution is 2.27. The van der Waals surface area contributed by atoms with Crippen LogP contribution >= 0.6 is 0 Å². The van der Waals surface area contributed by atoms with Gasteiger partial charge in [0.25, 0.3) is 0 Å². The van der Waals surface area contributed by atoms with Gasteiger partial charge >= 0.3 is 0 Å². The molecule has 0 spiro atoms. The number of fused-ring (bicyclic) bond motifs is 1. The molecule has 0 aromatic rings. The molecular weight excluding hydrogens is 222 g/mol. The quantitative estimate of drug-likeness (QED) is 0.770. The van der Waals surface area contributed by atoms with E-state index in [1.54, 1.807) is 0 Å². The largest absolute Gasteiger partial charge is 0.308 e. The van der Waals surface area contributed by atoms with Crippen molar-refractivity contribution in [2.45, 2.75) is 71.1 Å². The van der Waals surface area contributed by atoms with Gasteiger partial charge in [-0.15, -0.1) is 0 Å². The predicted molar refractivity (Wildman–Crippen MR) is 78.0 cm³/mol. The van der Waals surface area contributed by atoms with Gasteiger partial charge in [0, 0.05) is 49.3 Å². The Hall–Kier alpha value is -0.120. The summed E-state index contributed by atoms with van der Waals surface area (Å²) in [6, 6.07) is 1.44. The molecule has 3 heteroatoms. The molecule has 18 heavy (non-hydrogen) atoms. The Morgan fingerprint density at radius 3 is 2.17 bits per heavy atom. The summed E-state index contributed by atoms with van der Waals surface area (Å²) >= 11 is 0. The van der Waals surface area contributed by atoms with Gasteiger partial charge in [0.15, 0.2) is 0 Å². The maximum atomic E-state index is 3.77. The second kappa shape index (κ2) is 4.77. The van der Waals surface area contributed by atoms with Gasteiger partial charge < -0.3 is 5.32 Å². The van der Waals surface area contributed by atoms with Crippen molar-refractivity contribution in [1.82, 2.24) is 15.1 Å². The molecule has 0 aromatic carbocycles. The molecule has 2 rings (SSSR count). The summed E-state index contributed by atoms with van der Waals surface area (Å²) in [5, 5.41) is 3.77. The lowest BCUT2D eigenvalue weighted by molar-refractivity contribution is 0.0412. The summed E-state index contributed by atoms with van der Waals surface area (Å²) in [4.78, 5) is 5.33. The van der Waals surface area contributed by atoms with E-state index in [4.69, 9.17) is 0 Å². The molecule has 2 unspecified atom stereocenters. The molecule has 0 saturated carbocycles. The fourth-order valence-corrected chi connectivity index (χ4v) is 3.37. The molecule has 3 nitrogen and oxygen atoms in total. The van der Waals surface area contributed by atoms with E-state index in [0.717, 1.165) is 6.04 Å². The first-order chi connectivity index (χ1) is 8.15. The number of hydrogen-bond acceptors (Lipinski definition) is 3. The molecule has 2 aliphatic rings. The van der Waals surface area contributed by atoms with Gasteiger partial charge in [-0.2, -0.15) is 0 Å². The molecule has 2 saturated heterocycles. The van der Waals surface area contributed by atoms with Crippen LogP contribution < -0.4 is 5.32 Å². The first kappa shape index (κ1) is 14.3. The third kappa shape index (κ3) is 3.46. The van der Waals surface area contributed by atoms with Gasteiger partial charge in [0.1, 0.15) is 0 Å². The number of piperazine rings is 1. The van der Waals surface area contributed by atoms with Gasteiger partial charge in [-0.25, -0.2) is 0 Å². The Kier molecular flexibility index (Phi) is 3.79. The van der Waals surface area contributed by atoms with Crippen LogP contribution in [0.25, 0.3) is 0 Å². The zero-order valence-electron chi connectivity index (χ0n) is 13.1. The molecule has 2 fully saturated rings. The van der Waals surface area contributed by atoms with Crippen LogP contribution in [0.3, 0.4) is 0 Å². The van der Waals surface area contributed by atoms with Crippen molar-refractivity contribution in [2.75, 3.05) is 26.2 Å². The van der Waals surface area contributed by atoms with Crippen molar-refractivity contribution < 1.29 is 0 Å². The number of rotatable bonds is 1. The van der Waals surface area contributed by atoms with Crippen LogP contribution in [0.15, 0.2) is 0 Å². The number of nitrogens with zero attached hydrogens (tertiary/aromatic N) is 2. The molecule has 2 atom stereocenters. The highest BCUT2D eigenvalue weighted by Gasteiger charge is 2.39. The van der Waals surface area contributed by atoms with Crippen molar-refractivity contribution in [1.29, 1.82) is 0 Å². The Bertz CT molecular complexity index is 287. The Morgan fingerprint density at radius 2 is 1.61 bits per heavy atom. The molecule has 106 valence electrons. The highest BCUT2D eigenvalue weighted by molar-refractivity contribution is 4.97. The van der Waals surface area contributed by atoms with Crippen LogP contribution in [-0.2, 0) is 0 Å². The van der Waals surface area contributed by atoms with Crippen molar-refractivity contribution in [3.05, 3.63) is 0 Å². The molecule has 0 bridgehead atoms. The number of nitrogens with one attached hydrogen (secondary N) is 1. The maximum Gasteiger partial charge on any atom is 0.0239 e. The second-order valence-electron chi connectivity index (χ2n) is 8.09. The van der Waals surface area contributed by atoms with Gasteiger partial charge in [-0.05, 0) is 48.0 Å². The Balaban J connectivity index is 1.91. The summed E-state index contributed by atoms with van der Waals surface area (Å²) < 4.78 is 0. The fraction of sp³-hybridized carbons (Fsp3) is 1.00. The lowest BCUT2D eigenvalue weighted by Crippen LogP contribution is -2.56. The van der Waals surface area contributed by atoms with E-state index >= 15 is 0 Å². The van der Waals surface area contributed by atoms with Crippen LogP contribution in [0.4, 0.5) is 0 Å². The van der Waals surface area contributed by atoms with Crippen LogP contribution in [0.5, 0.6) is 0 Å². The molecule has 2 heterocycles. The predicted octanol–water partition coefficient (Wildman–Crippen LogP) is 1.93. The summed E-state index contributed by atoms with van der Waals surface area (Å²) in [6.07, 6.45) is 1.31. The van der Waals surface area contributed by atoms with Crippen LogP contribution in [-0.4, -0.2) is 59.1 Å². The minimum Gasteiger partial charge on any atom is -0.308 e. The topological polar surface area (TPSA) is 18.5 Å². The van der Waals surface area contributed by atoms with Crippen molar-refractivity contribution in [2.24, 2.45) is 0 Å². The normalized spacial score (nSPS) is 31.7. The Morgan fingerprint density at radius 1 is 0.944 bits per heavy atom. The fourth-order valence-electron chi connectivity index (χ4n) is 3.37. The van der Waals surface area contributed by atoms with Gasteiger partial charge in [-0.3, -0.25) is 9.80 Å². The molecule has 1 N–H and O–H groups in total. The summed E-state index contributed by atoms with van der Waals surface area (Å²) in [5.41, 5.74) is 0.560. The van der Waals surface area contributed by atoms with Crippen molar-refractivity contribution >= 4 is 0 Å². The molecular formula is C15H31N3. The average Bonchev–Trinajstić information content (AvgIpc) is 2.53. The summed E-state index contributed by atoms with van der Waals surface area (Å²) in [7, 11) is 0. The van der Waals surface area contributed by atoms with E-state index in [9.17, 15) is 0 Å². The SMILES string of the molecule is CC(C)(C)NC1CC2CN(C(C)(C)C)CCN2C1. The van der Waals surface area contributed by atoms with E-state index in [-0.39, 0.29) is 5.54 Å². The summed E-state index contributed by atoms with van der Waals surface area (Å²) in [5.74, 6) is 0. The monoisotopic (exact) mass is 253 g/mol. The maximum absolute atomic E-state index is 3.77. The first-order valence-corrected chi connectivity index (χ1v) is 7.42. The zero-order valence-corrected chi connectivity index (χ0v) is 13.1. The lowest BCUT2D eigenvalue weighted by Gasteiger charge is -2.44. The summed E-state index contributed by atoms with van der Waals surface area (Å²) in [6.45, 7) is 18.8. The van der Waals surface area contributed by atoms with Crippen LogP contribution in [0.2, 0.25) is 0 Å². The van der Waals surface area contributed by atoms with Gasteiger partial charge in [0.2, 0.25) is 0 Å². The third-order valence-corrected chi connectivity index (χ3v) is 4.20. The first-order valence-electron chi connectivity index (χ1n) is 7.42. The van der Waals surface area contributed by atoms with E-state index in [2.05, 4.69) is 56.7 Å². The minimum absolute atomic E-state index is 0.239. The lowest BCUT2D eigenvalue weighted by atomic mass is 10.0. The molecule has 0 amide bonds. The number of hydrogen-bond donors (Lipinski definition) is 1. The average molecular weight is 253 g/mol. The van der Waals surface area contributed by atoms with Crippen LogP contribution in [0, 0.1) is 0 Å². The third-order valence-electron chi connectivity index (χ3n) is 4.20. The van der Waals surface area contributed by atoms with Crippen molar-refractivity contribution in [3.63, 3.8) is 0 Å². The highest BCUT2D eigenvalue weighted by atomic mass is 15.3. The van der Waals surface area contributed by atoms with Gasteiger partial charge in [-0.1, -0.05) is 0 Å². The van der Waals surface area contributed by atoms with Gasteiger partial charge in [0.05, 0.1) is 0 Å². The minimum atomic E-state index is 0.239. The van der Waals surface area contributed by atoms with E-state index in [1.807, 2.05) is 0 Å². The zero-order chi connectivity index (χ0) is 13.6. The van der Waals surface area contributed by atoms with E-state index < -0.39 is 0 Å². The molecule has 2 aliphatic heterocycles. The second-order valence-corrected chi connectivity index (χ2v) is 8.09. The molecule has 0 aromatic heterocycles. The Labute approximate surface area is 113 Å². The van der Waals surface area contributed by atoms with E-state index in [1.165, 1.54) is 32.6 Å². The molecule has 0 aliphatic carbocycles. The van der Waals surface area contributed by atoms with E-state index in [0.29, 0.717) is 11.6 Å². The van der Waals surface area contributed by atoms with Crippen molar-refractivity contribution in [3.8, 4) is 0 Å². The smallest absolute Gasteiger partial charge is 0.0239 e. The molecule has 0 radical (unpaired) electrons.